The lowest BCUT2D eigenvalue weighted by atomic mass is 10.2. The van der Waals surface area contributed by atoms with E-state index in [9.17, 15) is 8.42 Å². The van der Waals surface area contributed by atoms with Crippen molar-refractivity contribution in [2.45, 2.75) is 11.4 Å². The van der Waals surface area contributed by atoms with Gasteiger partial charge < -0.3 is 0 Å². The zero-order valence-corrected chi connectivity index (χ0v) is 15.2. The van der Waals surface area contributed by atoms with Gasteiger partial charge in [0.15, 0.2) is 0 Å². The van der Waals surface area contributed by atoms with Crippen LogP contribution in [-0.4, -0.2) is 13.4 Å². The van der Waals surface area contributed by atoms with Gasteiger partial charge in [0.05, 0.1) is 15.5 Å². The van der Waals surface area contributed by atoms with Crippen LogP contribution in [0.5, 0.6) is 0 Å². The predicted octanol–water partition coefficient (Wildman–Crippen LogP) is 4.05. The molecule has 0 aliphatic carbocycles. The number of thiophene rings is 1. The zero-order valence-electron chi connectivity index (χ0n) is 11.9. The van der Waals surface area contributed by atoms with E-state index < -0.39 is 10.0 Å². The standard InChI is InChI=1S/C16H13BrN2O2S2/c17-13-4-1-2-6-16(13)23(20,21)19-11-12-7-8-18-14(10-12)15-5-3-9-22-15/h1-10,19H,11H2. The minimum atomic E-state index is -3.57. The summed E-state index contributed by atoms with van der Waals surface area (Å²) in [5.74, 6) is 0. The number of nitrogens with one attached hydrogen (secondary N) is 1. The van der Waals surface area contributed by atoms with Gasteiger partial charge in [-0.3, -0.25) is 4.98 Å². The van der Waals surface area contributed by atoms with E-state index in [1.54, 1.807) is 47.9 Å². The monoisotopic (exact) mass is 408 g/mol. The minimum absolute atomic E-state index is 0.213. The average Bonchev–Trinajstić information content (AvgIpc) is 3.08. The maximum absolute atomic E-state index is 12.4. The van der Waals surface area contributed by atoms with Crippen LogP contribution in [0.3, 0.4) is 0 Å². The fraction of sp³-hybridized carbons (Fsp3) is 0.0625. The van der Waals surface area contributed by atoms with Crippen molar-refractivity contribution in [3.8, 4) is 10.6 Å². The number of aromatic nitrogens is 1. The summed E-state index contributed by atoms with van der Waals surface area (Å²) >= 11 is 4.87. The van der Waals surface area contributed by atoms with E-state index in [0.717, 1.165) is 16.1 Å². The van der Waals surface area contributed by atoms with Crippen LogP contribution in [0.25, 0.3) is 10.6 Å². The molecule has 0 bridgehead atoms. The van der Waals surface area contributed by atoms with Gasteiger partial charge in [0.2, 0.25) is 10.0 Å². The Labute approximate surface area is 147 Å². The Balaban J connectivity index is 1.78. The first-order valence-electron chi connectivity index (χ1n) is 6.79. The number of sulfonamides is 1. The first-order valence-corrected chi connectivity index (χ1v) is 9.95. The van der Waals surface area contributed by atoms with Crippen molar-refractivity contribution in [1.29, 1.82) is 0 Å². The Bertz CT molecular complexity index is 909. The third-order valence-corrected chi connectivity index (χ3v) is 6.50. The maximum Gasteiger partial charge on any atom is 0.241 e. The van der Waals surface area contributed by atoms with Crippen LogP contribution in [0, 0.1) is 0 Å². The highest BCUT2D eigenvalue weighted by Gasteiger charge is 2.16. The van der Waals surface area contributed by atoms with Crippen molar-refractivity contribution in [3.63, 3.8) is 0 Å². The third kappa shape index (κ3) is 3.87. The summed E-state index contributed by atoms with van der Waals surface area (Å²) in [5, 5.41) is 1.99. The summed E-state index contributed by atoms with van der Waals surface area (Å²) in [4.78, 5) is 5.61. The van der Waals surface area contributed by atoms with Crippen LogP contribution in [0.4, 0.5) is 0 Å². The van der Waals surface area contributed by atoms with Crippen LogP contribution in [-0.2, 0) is 16.6 Å². The average molecular weight is 409 g/mol. The number of rotatable bonds is 5. The van der Waals surface area contributed by atoms with Crippen LogP contribution in [0.2, 0.25) is 0 Å². The third-order valence-electron chi connectivity index (χ3n) is 3.19. The van der Waals surface area contributed by atoms with E-state index in [-0.39, 0.29) is 11.4 Å². The Morgan fingerprint density at radius 2 is 1.96 bits per heavy atom. The lowest BCUT2D eigenvalue weighted by Gasteiger charge is -2.09. The van der Waals surface area contributed by atoms with Crippen molar-refractivity contribution < 1.29 is 8.42 Å². The summed E-state index contributed by atoms with van der Waals surface area (Å²) in [6.45, 7) is 0.213. The Morgan fingerprint density at radius 1 is 1.13 bits per heavy atom. The molecule has 0 saturated carbocycles. The fourth-order valence-corrected chi connectivity index (χ4v) is 4.77. The van der Waals surface area contributed by atoms with Crippen LogP contribution in [0.15, 0.2) is 69.5 Å². The normalized spacial score (nSPS) is 11.5. The molecular formula is C16H13BrN2O2S2. The molecule has 0 spiro atoms. The lowest BCUT2D eigenvalue weighted by Crippen LogP contribution is -2.23. The van der Waals surface area contributed by atoms with Crippen LogP contribution >= 0.6 is 27.3 Å². The van der Waals surface area contributed by atoms with E-state index in [1.165, 1.54) is 0 Å². The van der Waals surface area contributed by atoms with Gasteiger partial charge in [0.1, 0.15) is 0 Å². The molecule has 0 radical (unpaired) electrons. The molecule has 0 aliphatic rings. The second kappa shape index (κ2) is 6.92. The van der Waals surface area contributed by atoms with Gasteiger partial charge in [-0.05, 0) is 57.2 Å². The highest BCUT2D eigenvalue weighted by Crippen LogP contribution is 2.24. The lowest BCUT2D eigenvalue weighted by molar-refractivity contribution is 0.581. The molecule has 2 aromatic heterocycles. The van der Waals surface area contributed by atoms with E-state index in [1.807, 2.05) is 23.6 Å². The molecule has 2 heterocycles. The Kier molecular flexibility index (Phi) is 4.91. The quantitative estimate of drug-likeness (QED) is 0.692. The molecule has 0 atom stereocenters. The highest BCUT2D eigenvalue weighted by atomic mass is 79.9. The van der Waals surface area contributed by atoms with Gasteiger partial charge in [-0.2, -0.15) is 0 Å². The molecular weight excluding hydrogens is 396 g/mol. The van der Waals surface area contributed by atoms with E-state index in [0.29, 0.717) is 4.47 Å². The van der Waals surface area contributed by atoms with Gasteiger partial charge in [-0.15, -0.1) is 11.3 Å². The molecule has 23 heavy (non-hydrogen) atoms. The molecule has 0 aliphatic heterocycles. The summed E-state index contributed by atoms with van der Waals surface area (Å²) in [7, 11) is -3.57. The SMILES string of the molecule is O=S(=O)(NCc1ccnc(-c2cccs2)c1)c1ccccc1Br. The summed E-state index contributed by atoms with van der Waals surface area (Å²) in [6, 6.07) is 14.4. The molecule has 0 amide bonds. The molecule has 3 aromatic rings. The second-order valence-electron chi connectivity index (χ2n) is 4.78. The smallest absolute Gasteiger partial charge is 0.241 e. The maximum atomic E-state index is 12.4. The topological polar surface area (TPSA) is 59.1 Å². The van der Waals surface area contributed by atoms with Crippen molar-refractivity contribution >= 4 is 37.3 Å². The summed E-state index contributed by atoms with van der Waals surface area (Å²) < 4.78 is 27.9. The second-order valence-corrected chi connectivity index (χ2v) is 8.32. The van der Waals surface area contributed by atoms with Gasteiger partial charge >= 0.3 is 0 Å². The van der Waals surface area contributed by atoms with Gasteiger partial charge in [-0.1, -0.05) is 18.2 Å². The molecule has 1 aromatic carbocycles. The number of nitrogens with zero attached hydrogens (tertiary/aromatic N) is 1. The first kappa shape index (κ1) is 16.3. The minimum Gasteiger partial charge on any atom is -0.255 e. The van der Waals surface area contributed by atoms with Crippen molar-refractivity contribution in [2.75, 3.05) is 0 Å². The zero-order chi connectivity index (χ0) is 16.3. The molecule has 0 unspecified atom stereocenters. The summed E-state index contributed by atoms with van der Waals surface area (Å²) in [5.41, 5.74) is 1.71. The molecule has 0 saturated heterocycles. The Hall–Kier alpha value is -1.54. The molecule has 7 heteroatoms. The van der Waals surface area contributed by atoms with Crippen LogP contribution < -0.4 is 4.72 Å². The van der Waals surface area contributed by atoms with Crippen molar-refractivity contribution in [3.05, 3.63) is 70.1 Å². The highest BCUT2D eigenvalue weighted by molar-refractivity contribution is 9.10. The first-order chi connectivity index (χ1) is 11.1. The molecule has 4 nitrogen and oxygen atoms in total. The fourth-order valence-electron chi connectivity index (χ4n) is 2.06. The molecule has 0 fully saturated rings. The number of halogens is 1. The number of hydrogen-bond donors (Lipinski definition) is 1. The van der Waals surface area contributed by atoms with Gasteiger partial charge in [0, 0.05) is 17.2 Å². The summed E-state index contributed by atoms with van der Waals surface area (Å²) in [6.07, 6.45) is 1.69. The Morgan fingerprint density at radius 3 is 2.70 bits per heavy atom. The molecule has 1 N–H and O–H groups in total. The van der Waals surface area contributed by atoms with Crippen molar-refractivity contribution in [2.24, 2.45) is 0 Å². The van der Waals surface area contributed by atoms with E-state index in [2.05, 4.69) is 25.6 Å². The van der Waals surface area contributed by atoms with Gasteiger partial charge in [-0.25, -0.2) is 13.1 Å². The van der Waals surface area contributed by atoms with E-state index >= 15 is 0 Å². The predicted molar refractivity (Wildman–Crippen MR) is 95.7 cm³/mol. The number of hydrogen-bond acceptors (Lipinski definition) is 4. The number of pyridine rings is 1. The largest absolute Gasteiger partial charge is 0.255 e. The molecule has 3 rings (SSSR count). The van der Waals surface area contributed by atoms with E-state index in [4.69, 9.17) is 0 Å². The molecule has 118 valence electrons. The van der Waals surface area contributed by atoms with Crippen LogP contribution in [0.1, 0.15) is 5.56 Å². The number of benzene rings is 1. The van der Waals surface area contributed by atoms with Crippen molar-refractivity contribution in [1.82, 2.24) is 9.71 Å². The van der Waals surface area contributed by atoms with Gasteiger partial charge in [0.25, 0.3) is 0 Å².